The number of sulfonamides is 2. The molecule has 2 N–H and O–H groups in total. The highest BCUT2D eigenvalue weighted by Crippen LogP contribution is 2.32. The Balaban J connectivity index is 1.79. The Morgan fingerprint density at radius 2 is 1.38 bits per heavy atom. The molecule has 1 fully saturated rings. The first kappa shape index (κ1) is 22.1. The first-order valence-corrected chi connectivity index (χ1v) is 13.2. The quantitative estimate of drug-likeness (QED) is 0.388. The van der Waals surface area contributed by atoms with E-state index in [9.17, 15) is 26.4 Å². The number of nitrogens with zero attached hydrogens (tertiary/aromatic N) is 3. The molecule has 11 nitrogen and oxygen atoms in total. The number of fused-ring (bicyclic) bond motifs is 1. The number of hydrogen-bond acceptors (Lipinski definition) is 7. The smallest absolute Gasteiger partial charge is 0.316 e. The zero-order valence-electron chi connectivity index (χ0n) is 17.6. The van der Waals surface area contributed by atoms with Gasteiger partial charge in [0.15, 0.2) is 11.2 Å². The van der Waals surface area contributed by atoms with Crippen LogP contribution >= 0.6 is 0 Å². The van der Waals surface area contributed by atoms with Crippen LogP contribution in [0.3, 0.4) is 0 Å². The molecule has 4 aromatic rings. The lowest BCUT2D eigenvalue weighted by Crippen LogP contribution is -2.37. The molecule has 0 unspecified atom stereocenters. The minimum absolute atomic E-state index is 0.118. The van der Waals surface area contributed by atoms with E-state index in [0.717, 1.165) is 12.8 Å². The Morgan fingerprint density at radius 3 is 1.88 bits per heavy atom. The molecule has 0 atom stereocenters. The highest BCUT2D eigenvalue weighted by atomic mass is 32.3. The number of H-pyrrole nitrogens is 2. The number of hydrogen-bond donors (Lipinski definition) is 2. The van der Waals surface area contributed by atoms with Crippen LogP contribution in [0.4, 0.5) is 5.95 Å². The van der Waals surface area contributed by atoms with Crippen LogP contribution in [0.15, 0.2) is 80.0 Å². The van der Waals surface area contributed by atoms with Crippen molar-refractivity contribution < 1.29 is 16.8 Å². The number of aromatic nitrogens is 4. The number of benzene rings is 2. The summed E-state index contributed by atoms with van der Waals surface area (Å²) in [6.07, 6.45) is 1.81. The fourth-order valence-corrected chi connectivity index (χ4v) is 7.14. The lowest BCUT2D eigenvalue weighted by molar-refractivity contribution is 0.583. The molecular weight excluding hydrogens is 482 g/mol. The Hall–Kier alpha value is -3.71. The Morgan fingerprint density at radius 1 is 0.853 bits per heavy atom. The molecule has 0 radical (unpaired) electrons. The largest absolute Gasteiger partial charge is 0.330 e. The second kappa shape index (κ2) is 7.95. The predicted octanol–water partition coefficient (Wildman–Crippen LogP) is 1.41. The molecule has 2 aromatic heterocycles. The van der Waals surface area contributed by atoms with Gasteiger partial charge in [0, 0.05) is 6.54 Å². The van der Waals surface area contributed by atoms with Gasteiger partial charge in [0.25, 0.3) is 25.6 Å². The topological polar surface area (TPSA) is 155 Å². The van der Waals surface area contributed by atoms with Gasteiger partial charge in [0.2, 0.25) is 5.95 Å². The van der Waals surface area contributed by atoms with Crippen molar-refractivity contribution in [3.05, 3.63) is 81.5 Å². The van der Waals surface area contributed by atoms with Crippen molar-refractivity contribution in [1.29, 1.82) is 0 Å². The van der Waals surface area contributed by atoms with Gasteiger partial charge in [-0.1, -0.05) is 36.4 Å². The van der Waals surface area contributed by atoms with Crippen LogP contribution in [-0.4, -0.2) is 36.4 Å². The third-order valence-corrected chi connectivity index (χ3v) is 9.58. The van der Waals surface area contributed by atoms with Crippen LogP contribution in [0.2, 0.25) is 0 Å². The molecular formula is C21H19N5O6S2. The van der Waals surface area contributed by atoms with Crippen LogP contribution in [0.1, 0.15) is 12.8 Å². The maximum Gasteiger partial charge on any atom is 0.330 e. The van der Waals surface area contributed by atoms with Gasteiger partial charge in [0.05, 0.1) is 9.79 Å². The van der Waals surface area contributed by atoms with Gasteiger partial charge in [-0.25, -0.2) is 4.79 Å². The fourth-order valence-electron chi connectivity index (χ4n) is 3.58. The Kier molecular flexibility index (Phi) is 5.17. The Bertz CT molecular complexity index is 1630. The van der Waals surface area contributed by atoms with Crippen molar-refractivity contribution in [3.63, 3.8) is 0 Å². The summed E-state index contributed by atoms with van der Waals surface area (Å²) in [6.45, 7) is 0.271. The number of imidazole rings is 1. The summed E-state index contributed by atoms with van der Waals surface area (Å²) >= 11 is 0. The zero-order chi connectivity index (χ0) is 24.1. The summed E-state index contributed by atoms with van der Waals surface area (Å²) < 4.78 is 55.7. The number of aromatic amines is 2. The van der Waals surface area contributed by atoms with Crippen molar-refractivity contribution in [3.8, 4) is 0 Å². The summed E-state index contributed by atoms with van der Waals surface area (Å²) in [4.78, 5) is 33.2. The molecule has 176 valence electrons. The van der Waals surface area contributed by atoms with Crippen molar-refractivity contribution in [2.75, 3.05) is 3.71 Å². The zero-order valence-corrected chi connectivity index (χ0v) is 19.2. The second-order valence-corrected chi connectivity index (χ2v) is 11.7. The lowest BCUT2D eigenvalue weighted by Gasteiger charge is -2.21. The normalized spacial score (nSPS) is 14.4. The molecule has 0 saturated heterocycles. The number of nitrogens with one attached hydrogen (secondary N) is 2. The van der Waals surface area contributed by atoms with Gasteiger partial charge in [-0.3, -0.25) is 14.3 Å². The highest BCUT2D eigenvalue weighted by Gasteiger charge is 2.39. The third kappa shape index (κ3) is 3.72. The van der Waals surface area contributed by atoms with E-state index in [-0.39, 0.29) is 37.1 Å². The lowest BCUT2D eigenvalue weighted by atomic mass is 10.4. The van der Waals surface area contributed by atoms with Crippen molar-refractivity contribution >= 4 is 37.2 Å². The standard InChI is InChI=1S/C21H19N5O6S2/c27-19-17-18(25(21(28)24-19)13-14-11-12-14)23-20(22-17)26(33(29,30)15-7-3-1-4-8-15)34(31,32)16-9-5-2-6-10-16/h1-10,14H,11-13H2,(H,22,23)(H,24,27,28). The van der Waals surface area contributed by atoms with Gasteiger partial charge < -0.3 is 4.98 Å². The molecule has 0 bridgehead atoms. The van der Waals surface area contributed by atoms with Gasteiger partial charge >= 0.3 is 5.69 Å². The molecule has 0 spiro atoms. The monoisotopic (exact) mass is 501 g/mol. The van der Waals surface area contributed by atoms with Gasteiger partial charge in [-0.15, -0.1) is 3.71 Å². The molecule has 1 aliphatic carbocycles. The van der Waals surface area contributed by atoms with Crippen LogP contribution in [0.5, 0.6) is 0 Å². The van der Waals surface area contributed by atoms with Crippen LogP contribution in [0.25, 0.3) is 11.2 Å². The van der Waals surface area contributed by atoms with E-state index in [1.165, 1.54) is 53.1 Å². The molecule has 0 aliphatic heterocycles. The molecule has 1 saturated carbocycles. The van der Waals surface area contributed by atoms with Gasteiger partial charge in [-0.05, 0) is 43.0 Å². The molecule has 1 aliphatic rings. The minimum atomic E-state index is -4.70. The van der Waals surface area contributed by atoms with E-state index in [4.69, 9.17) is 0 Å². The number of anilines is 1. The van der Waals surface area contributed by atoms with E-state index in [1.807, 2.05) is 0 Å². The minimum Gasteiger partial charge on any atom is -0.316 e. The second-order valence-electron chi connectivity index (χ2n) is 7.91. The molecule has 2 aromatic carbocycles. The highest BCUT2D eigenvalue weighted by molar-refractivity contribution is 8.10. The van der Waals surface area contributed by atoms with Crippen molar-refractivity contribution in [1.82, 2.24) is 19.5 Å². The van der Waals surface area contributed by atoms with E-state index in [1.54, 1.807) is 12.1 Å². The maximum absolute atomic E-state index is 13.6. The van der Waals surface area contributed by atoms with E-state index in [0.29, 0.717) is 0 Å². The number of rotatable bonds is 7. The third-order valence-electron chi connectivity index (χ3n) is 5.45. The SMILES string of the molecule is O=c1[nH]c(=O)n(CC2CC2)c2nc(N(S(=O)(=O)c3ccccc3)S(=O)(=O)c3ccccc3)[nH]c12. The molecule has 5 rings (SSSR count). The summed E-state index contributed by atoms with van der Waals surface area (Å²) in [5.41, 5.74) is -1.86. The maximum atomic E-state index is 13.6. The molecule has 13 heteroatoms. The fraction of sp³-hybridized carbons (Fsp3) is 0.190. The van der Waals surface area contributed by atoms with Crippen molar-refractivity contribution in [2.45, 2.75) is 29.2 Å². The average molecular weight is 502 g/mol. The molecule has 2 heterocycles. The van der Waals surface area contributed by atoms with Crippen LogP contribution < -0.4 is 15.0 Å². The van der Waals surface area contributed by atoms with Gasteiger partial charge in [0.1, 0.15) is 0 Å². The first-order valence-electron chi connectivity index (χ1n) is 10.3. The summed E-state index contributed by atoms with van der Waals surface area (Å²) in [5.74, 6) is -0.396. The molecule has 0 amide bonds. The van der Waals surface area contributed by atoms with Crippen LogP contribution in [0, 0.1) is 5.92 Å². The predicted molar refractivity (Wildman–Crippen MR) is 123 cm³/mol. The van der Waals surface area contributed by atoms with E-state index < -0.39 is 37.2 Å². The van der Waals surface area contributed by atoms with Crippen molar-refractivity contribution in [2.24, 2.45) is 5.92 Å². The molecule has 34 heavy (non-hydrogen) atoms. The summed E-state index contributed by atoms with van der Waals surface area (Å²) in [5, 5.41) is 0. The summed E-state index contributed by atoms with van der Waals surface area (Å²) in [7, 11) is -9.40. The van der Waals surface area contributed by atoms with E-state index in [2.05, 4.69) is 15.0 Å². The van der Waals surface area contributed by atoms with Gasteiger partial charge in [-0.2, -0.15) is 21.8 Å². The average Bonchev–Trinajstić information content (AvgIpc) is 3.54. The summed E-state index contributed by atoms with van der Waals surface area (Å²) in [6, 6.07) is 14.0. The Labute approximate surface area is 193 Å². The van der Waals surface area contributed by atoms with E-state index >= 15 is 0 Å². The first-order chi connectivity index (χ1) is 16.2. The van der Waals surface area contributed by atoms with Crippen LogP contribution in [-0.2, 0) is 26.6 Å².